The van der Waals surface area contributed by atoms with E-state index in [0.29, 0.717) is 0 Å². The van der Waals surface area contributed by atoms with Crippen LogP contribution in [0.4, 0.5) is 0 Å². The van der Waals surface area contributed by atoms with Crippen LogP contribution in [0.5, 0.6) is 0 Å². The van der Waals surface area contributed by atoms with E-state index >= 15 is 0 Å². The lowest BCUT2D eigenvalue weighted by Crippen LogP contribution is -2.07. The predicted octanol–water partition coefficient (Wildman–Crippen LogP) is 2.47. The van der Waals surface area contributed by atoms with Gasteiger partial charge in [-0.05, 0) is 57.6 Å². The zero-order valence-electron chi connectivity index (χ0n) is 6.01. The molecule has 1 aromatic heterocycles. The highest BCUT2D eigenvalue weighted by Gasteiger charge is 2.03. The number of halogens is 2. The Labute approximate surface area is 87.9 Å². The minimum Gasteiger partial charge on any atom is -0.323 e. The molecule has 0 aliphatic rings. The highest BCUT2D eigenvalue weighted by molar-refractivity contribution is 14.1. The van der Waals surface area contributed by atoms with Crippen molar-refractivity contribution in [3.8, 4) is 0 Å². The first-order valence-corrected chi connectivity index (χ1v) is 5.06. The first-order valence-electron chi connectivity index (χ1n) is 3.19. The van der Waals surface area contributed by atoms with Gasteiger partial charge in [-0.1, -0.05) is 0 Å². The summed E-state index contributed by atoms with van der Waals surface area (Å²) >= 11 is 5.55. The highest BCUT2D eigenvalue weighted by atomic mass is 127. The average Bonchev–Trinajstić information content (AvgIpc) is 1.94. The third kappa shape index (κ3) is 2.38. The van der Waals surface area contributed by atoms with E-state index in [2.05, 4.69) is 43.5 Å². The van der Waals surface area contributed by atoms with Crippen LogP contribution in [0, 0.1) is 3.57 Å². The summed E-state index contributed by atoms with van der Waals surface area (Å²) in [6, 6.07) is 3.94. The number of pyridine rings is 1. The van der Waals surface area contributed by atoms with Crippen LogP contribution < -0.4 is 5.73 Å². The molecule has 1 rings (SSSR count). The molecule has 2 nitrogen and oxygen atoms in total. The van der Waals surface area contributed by atoms with Crippen molar-refractivity contribution in [2.45, 2.75) is 13.0 Å². The van der Waals surface area contributed by atoms with Gasteiger partial charge in [-0.25, -0.2) is 4.98 Å². The molecule has 60 valence electrons. The van der Waals surface area contributed by atoms with Crippen molar-refractivity contribution in [1.29, 1.82) is 0 Å². The minimum absolute atomic E-state index is 0.00306. The molecule has 0 unspecified atom stereocenters. The SMILES string of the molecule is C[C@@H](N)c1ccc(I)c(Br)n1. The molecule has 0 radical (unpaired) electrons. The zero-order valence-corrected chi connectivity index (χ0v) is 9.76. The molecule has 0 spiro atoms. The molecule has 0 fully saturated rings. The number of nitrogens with zero attached hydrogens (tertiary/aromatic N) is 1. The van der Waals surface area contributed by atoms with E-state index in [4.69, 9.17) is 5.73 Å². The van der Waals surface area contributed by atoms with Crippen LogP contribution >= 0.6 is 38.5 Å². The zero-order chi connectivity index (χ0) is 8.43. The fourth-order valence-corrected chi connectivity index (χ4v) is 1.32. The van der Waals surface area contributed by atoms with Crippen LogP contribution in [0.2, 0.25) is 0 Å². The van der Waals surface area contributed by atoms with Crippen LogP contribution in [0.3, 0.4) is 0 Å². The molecule has 0 aliphatic carbocycles. The lowest BCUT2D eigenvalue weighted by atomic mass is 10.2. The van der Waals surface area contributed by atoms with Crippen molar-refractivity contribution in [3.05, 3.63) is 26.0 Å². The van der Waals surface area contributed by atoms with Gasteiger partial charge in [-0.3, -0.25) is 0 Å². The van der Waals surface area contributed by atoms with E-state index in [-0.39, 0.29) is 6.04 Å². The van der Waals surface area contributed by atoms with E-state index in [1.54, 1.807) is 0 Å². The molecule has 11 heavy (non-hydrogen) atoms. The fourth-order valence-electron chi connectivity index (χ4n) is 0.685. The summed E-state index contributed by atoms with van der Waals surface area (Å²) in [6.45, 7) is 1.92. The maximum atomic E-state index is 5.65. The smallest absolute Gasteiger partial charge is 0.119 e. The van der Waals surface area contributed by atoms with Crippen LogP contribution in [0.15, 0.2) is 16.7 Å². The second kappa shape index (κ2) is 3.82. The third-order valence-corrected chi connectivity index (χ3v) is 3.51. The Morgan fingerprint density at radius 1 is 1.64 bits per heavy atom. The molecule has 0 aromatic carbocycles. The first kappa shape index (κ1) is 9.41. The van der Waals surface area contributed by atoms with Crippen LogP contribution in [-0.2, 0) is 0 Å². The van der Waals surface area contributed by atoms with E-state index in [9.17, 15) is 0 Å². The maximum absolute atomic E-state index is 5.65. The van der Waals surface area contributed by atoms with Crippen molar-refractivity contribution >= 4 is 38.5 Å². The van der Waals surface area contributed by atoms with E-state index in [1.165, 1.54) is 0 Å². The fraction of sp³-hybridized carbons (Fsp3) is 0.286. The van der Waals surface area contributed by atoms with E-state index < -0.39 is 0 Å². The Balaban J connectivity index is 3.05. The Hall–Kier alpha value is 0.320. The molecule has 2 N–H and O–H groups in total. The quantitative estimate of drug-likeness (QED) is 0.636. The normalized spacial score (nSPS) is 13.1. The lowest BCUT2D eigenvalue weighted by molar-refractivity contribution is 0.776. The van der Waals surface area contributed by atoms with Crippen LogP contribution in [0.1, 0.15) is 18.7 Å². The largest absolute Gasteiger partial charge is 0.323 e. The van der Waals surface area contributed by atoms with Gasteiger partial charge in [0.25, 0.3) is 0 Å². The Morgan fingerprint density at radius 2 is 2.27 bits per heavy atom. The predicted molar refractivity (Wildman–Crippen MR) is 57.3 cm³/mol. The molecule has 0 amide bonds. The second-order valence-electron chi connectivity index (χ2n) is 2.30. The van der Waals surface area contributed by atoms with Gasteiger partial charge in [0.2, 0.25) is 0 Å². The number of rotatable bonds is 1. The maximum Gasteiger partial charge on any atom is 0.119 e. The monoisotopic (exact) mass is 326 g/mol. The van der Waals surface area contributed by atoms with Crippen molar-refractivity contribution in [3.63, 3.8) is 0 Å². The molecule has 1 atom stereocenters. The summed E-state index contributed by atoms with van der Waals surface area (Å²) in [7, 11) is 0. The van der Waals surface area contributed by atoms with Crippen molar-refractivity contribution in [1.82, 2.24) is 4.98 Å². The van der Waals surface area contributed by atoms with E-state index in [0.717, 1.165) is 13.9 Å². The lowest BCUT2D eigenvalue weighted by Gasteiger charge is -2.04. The molecule has 0 saturated carbocycles. The van der Waals surface area contributed by atoms with Crippen molar-refractivity contribution in [2.24, 2.45) is 5.73 Å². The van der Waals surface area contributed by atoms with Gasteiger partial charge < -0.3 is 5.73 Å². The number of hydrogen-bond acceptors (Lipinski definition) is 2. The number of nitrogens with two attached hydrogens (primary N) is 1. The highest BCUT2D eigenvalue weighted by Crippen LogP contribution is 2.18. The summed E-state index contributed by atoms with van der Waals surface area (Å²) in [5.74, 6) is 0. The molecular formula is C7H8BrIN2. The Bertz CT molecular complexity index is 263. The summed E-state index contributed by atoms with van der Waals surface area (Å²) in [5, 5.41) is 0. The molecular weight excluding hydrogens is 319 g/mol. The third-order valence-electron chi connectivity index (χ3n) is 1.29. The van der Waals surface area contributed by atoms with Crippen molar-refractivity contribution < 1.29 is 0 Å². The summed E-state index contributed by atoms with van der Waals surface area (Å²) < 4.78 is 1.97. The van der Waals surface area contributed by atoms with Crippen molar-refractivity contribution in [2.75, 3.05) is 0 Å². The topological polar surface area (TPSA) is 38.9 Å². The summed E-state index contributed by atoms with van der Waals surface area (Å²) in [6.07, 6.45) is 0. The molecule has 4 heteroatoms. The second-order valence-corrected chi connectivity index (χ2v) is 4.21. The standard InChI is InChI=1S/C7H8BrIN2/c1-4(10)6-3-2-5(9)7(8)11-6/h2-4H,10H2,1H3/t4-/m1/s1. The summed E-state index contributed by atoms with van der Waals surface area (Å²) in [5.41, 5.74) is 6.56. The van der Waals surface area contributed by atoms with Crippen LogP contribution in [-0.4, -0.2) is 4.98 Å². The van der Waals surface area contributed by atoms with Gasteiger partial charge >= 0.3 is 0 Å². The van der Waals surface area contributed by atoms with Gasteiger partial charge in [-0.15, -0.1) is 0 Å². The molecule has 0 aliphatic heterocycles. The molecule has 1 aromatic rings. The Morgan fingerprint density at radius 3 is 2.73 bits per heavy atom. The molecule has 1 heterocycles. The van der Waals surface area contributed by atoms with Gasteiger partial charge in [0.15, 0.2) is 0 Å². The average molecular weight is 327 g/mol. The Kier molecular flexibility index (Phi) is 3.27. The number of aromatic nitrogens is 1. The van der Waals surface area contributed by atoms with Gasteiger partial charge in [-0.2, -0.15) is 0 Å². The van der Waals surface area contributed by atoms with Gasteiger partial charge in [0, 0.05) is 9.61 Å². The number of hydrogen-bond donors (Lipinski definition) is 1. The molecule has 0 bridgehead atoms. The van der Waals surface area contributed by atoms with Gasteiger partial charge in [0.1, 0.15) is 4.60 Å². The van der Waals surface area contributed by atoms with Gasteiger partial charge in [0.05, 0.1) is 5.69 Å². The first-order chi connectivity index (χ1) is 5.11. The van der Waals surface area contributed by atoms with Crippen LogP contribution in [0.25, 0.3) is 0 Å². The minimum atomic E-state index is 0.00306. The molecule has 0 saturated heterocycles. The summed E-state index contributed by atoms with van der Waals surface area (Å²) in [4.78, 5) is 4.26. The van der Waals surface area contributed by atoms with E-state index in [1.807, 2.05) is 19.1 Å².